The van der Waals surface area contributed by atoms with E-state index in [9.17, 15) is 4.79 Å². The van der Waals surface area contributed by atoms with Gasteiger partial charge in [-0.3, -0.25) is 4.79 Å². The van der Waals surface area contributed by atoms with Gasteiger partial charge in [0.1, 0.15) is 0 Å². The zero-order valence-electron chi connectivity index (χ0n) is 12.6. The maximum Gasteiger partial charge on any atom is 0.222 e. The number of ether oxygens (including phenoxy) is 1. The van der Waals surface area contributed by atoms with Gasteiger partial charge in [-0.25, -0.2) is 0 Å². The Morgan fingerprint density at radius 2 is 2.15 bits per heavy atom. The summed E-state index contributed by atoms with van der Waals surface area (Å²) in [6.07, 6.45) is 6.31. The number of nitrogens with zero attached hydrogens (tertiary/aromatic N) is 1. The smallest absolute Gasteiger partial charge is 0.222 e. The fourth-order valence-corrected chi connectivity index (χ4v) is 3.42. The molecule has 0 aromatic heterocycles. The Morgan fingerprint density at radius 1 is 1.35 bits per heavy atom. The van der Waals surface area contributed by atoms with E-state index in [0.717, 1.165) is 39.0 Å². The quantitative estimate of drug-likeness (QED) is 0.866. The average molecular weight is 305 g/mol. The van der Waals surface area contributed by atoms with Gasteiger partial charge in [-0.15, -0.1) is 12.4 Å². The standard InChI is InChI=1S/C15H28N2O2.ClH/c1-12-4-2-8-17(14(12)10-16)15(18)7-6-13-5-3-9-19-11-13;/h12-14H,2-11,16H2,1H3;1H. The lowest BCUT2D eigenvalue weighted by molar-refractivity contribution is -0.136. The average Bonchev–Trinajstić information content (AvgIpc) is 2.45. The van der Waals surface area contributed by atoms with Crippen LogP contribution in [0.25, 0.3) is 0 Å². The topological polar surface area (TPSA) is 55.6 Å². The molecule has 118 valence electrons. The first-order valence-corrected chi connectivity index (χ1v) is 7.79. The lowest BCUT2D eigenvalue weighted by atomic mass is 9.90. The van der Waals surface area contributed by atoms with Crippen molar-refractivity contribution < 1.29 is 9.53 Å². The van der Waals surface area contributed by atoms with Crippen molar-refractivity contribution in [1.29, 1.82) is 0 Å². The van der Waals surface area contributed by atoms with Crippen molar-refractivity contribution in [3.63, 3.8) is 0 Å². The number of hydrogen-bond acceptors (Lipinski definition) is 3. The highest BCUT2D eigenvalue weighted by Crippen LogP contribution is 2.25. The van der Waals surface area contributed by atoms with Gasteiger partial charge in [0, 0.05) is 38.8 Å². The second-order valence-electron chi connectivity index (χ2n) is 6.13. The van der Waals surface area contributed by atoms with Crippen molar-refractivity contribution >= 4 is 18.3 Å². The Labute approximate surface area is 128 Å². The van der Waals surface area contributed by atoms with E-state index in [-0.39, 0.29) is 18.4 Å². The van der Waals surface area contributed by atoms with Crippen LogP contribution in [0, 0.1) is 11.8 Å². The number of nitrogens with two attached hydrogens (primary N) is 1. The predicted molar refractivity (Wildman–Crippen MR) is 83.0 cm³/mol. The molecule has 2 saturated heterocycles. The van der Waals surface area contributed by atoms with E-state index in [0.29, 0.717) is 30.7 Å². The molecule has 2 N–H and O–H groups in total. The van der Waals surface area contributed by atoms with Crippen LogP contribution in [0.5, 0.6) is 0 Å². The molecular weight excluding hydrogens is 276 g/mol. The molecule has 0 radical (unpaired) electrons. The van der Waals surface area contributed by atoms with Gasteiger partial charge in [0.05, 0.1) is 0 Å². The summed E-state index contributed by atoms with van der Waals surface area (Å²) in [4.78, 5) is 14.4. The Morgan fingerprint density at radius 3 is 2.80 bits per heavy atom. The summed E-state index contributed by atoms with van der Waals surface area (Å²) in [5.41, 5.74) is 5.85. The minimum atomic E-state index is 0. The van der Waals surface area contributed by atoms with Crippen LogP contribution in [0.4, 0.5) is 0 Å². The summed E-state index contributed by atoms with van der Waals surface area (Å²) in [5.74, 6) is 1.42. The third-order valence-corrected chi connectivity index (χ3v) is 4.70. The molecule has 0 saturated carbocycles. The molecule has 2 rings (SSSR count). The normalized spacial score (nSPS) is 30.7. The number of halogens is 1. The zero-order chi connectivity index (χ0) is 13.7. The number of carbonyl (C=O) groups excluding carboxylic acids is 1. The zero-order valence-corrected chi connectivity index (χ0v) is 13.4. The first kappa shape index (κ1) is 17.7. The number of hydrogen-bond donors (Lipinski definition) is 1. The van der Waals surface area contributed by atoms with Crippen LogP contribution in [0.15, 0.2) is 0 Å². The number of likely N-dealkylation sites (tertiary alicyclic amines) is 1. The summed E-state index contributed by atoms with van der Waals surface area (Å²) in [6.45, 7) is 5.44. The monoisotopic (exact) mass is 304 g/mol. The molecule has 2 aliphatic heterocycles. The number of carbonyl (C=O) groups is 1. The third-order valence-electron chi connectivity index (χ3n) is 4.70. The molecule has 2 fully saturated rings. The van der Waals surface area contributed by atoms with Gasteiger partial charge in [-0.05, 0) is 43.9 Å². The summed E-state index contributed by atoms with van der Waals surface area (Å²) in [6, 6.07) is 0.254. The maximum absolute atomic E-state index is 12.4. The highest BCUT2D eigenvalue weighted by molar-refractivity contribution is 5.85. The van der Waals surface area contributed by atoms with Crippen LogP contribution in [0.1, 0.15) is 45.4 Å². The lowest BCUT2D eigenvalue weighted by Crippen LogP contribution is -2.51. The van der Waals surface area contributed by atoms with Crippen LogP contribution in [0.3, 0.4) is 0 Å². The Hall–Kier alpha value is -0.320. The Balaban J connectivity index is 0.00000200. The summed E-state index contributed by atoms with van der Waals surface area (Å²) < 4.78 is 5.47. The highest BCUT2D eigenvalue weighted by atomic mass is 35.5. The molecule has 4 nitrogen and oxygen atoms in total. The molecule has 0 aromatic rings. The van der Waals surface area contributed by atoms with E-state index in [1.807, 2.05) is 4.90 Å². The van der Waals surface area contributed by atoms with Crippen molar-refractivity contribution in [3.8, 4) is 0 Å². The van der Waals surface area contributed by atoms with E-state index in [4.69, 9.17) is 10.5 Å². The summed E-state index contributed by atoms with van der Waals surface area (Å²) in [7, 11) is 0. The molecule has 2 heterocycles. The second-order valence-corrected chi connectivity index (χ2v) is 6.13. The van der Waals surface area contributed by atoms with Gasteiger partial charge in [-0.1, -0.05) is 6.92 Å². The van der Waals surface area contributed by atoms with E-state index in [1.54, 1.807) is 0 Å². The number of piperidine rings is 1. The van der Waals surface area contributed by atoms with Crippen molar-refractivity contribution in [2.24, 2.45) is 17.6 Å². The first-order chi connectivity index (χ1) is 9.22. The van der Waals surface area contributed by atoms with Crippen LogP contribution >= 0.6 is 12.4 Å². The first-order valence-electron chi connectivity index (χ1n) is 7.79. The minimum Gasteiger partial charge on any atom is -0.381 e. The second kappa shape index (κ2) is 8.85. The van der Waals surface area contributed by atoms with Crippen molar-refractivity contribution in [2.75, 3.05) is 26.3 Å². The molecule has 0 bridgehead atoms. The van der Waals surface area contributed by atoms with Crippen molar-refractivity contribution in [1.82, 2.24) is 4.90 Å². The van der Waals surface area contributed by atoms with Crippen LogP contribution < -0.4 is 5.73 Å². The lowest BCUT2D eigenvalue weighted by Gasteiger charge is -2.39. The van der Waals surface area contributed by atoms with Crippen molar-refractivity contribution in [2.45, 2.75) is 51.5 Å². The van der Waals surface area contributed by atoms with E-state index >= 15 is 0 Å². The molecule has 20 heavy (non-hydrogen) atoms. The molecule has 0 aliphatic carbocycles. The van der Waals surface area contributed by atoms with E-state index in [1.165, 1.54) is 12.8 Å². The molecule has 3 unspecified atom stereocenters. The van der Waals surface area contributed by atoms with Gasteiger partial charge in [0.2, 0.25) is 5.91 Å². The largest absolute Gasteiger partial charge is 0.381 e. The Kier molecular flexibility index (Phi) is 7.85. The third kappa shape index (κ3) is 4.61. The van der Waals surface area contributed by atoms with E-state index in [2.05, 4.69) is 6.92 Å². The van der Waals surface area contributed by atoms with Crippen molar-refractivity contribution in [3.05, 3.63) is 0 Å². The van der Waals surface area contributed by atoms with E-state index < -0.39 is 0 Å². The van der Waals surface area contributed by atoms with Crippen LogP contribution in [-0.4, -0.2) is 43.2 Å². The van der Waals surface area contributed by atoms with Crippen LogP contribution in [-0.2, 0) is 9.53 Å². The molecule has 1 amide bonds. The molecular formula is C15H29ClN2O2. The SMILES string of the molecule is CC1CCCN(C(=O)CCC2CCCOC2)C1CN.Cl. The maximum atomic E-state index is 12.4. The summed E-state index contributed by atoms with van der Waals surface area (Å²) in [5, 5.41) is 0. The fraction of sp³-hybridized carbons (Fsp3) is 0.933. The molecule has 3 atom stereocenters. The minimum absolute atomic E-state index is 0. The molecule has 0 aromatic carbocycles. The predicted octanol–water partition coefficient (Wildman–Crippen LogP) is 2.20. The van der Waals surface area contributed by atoms with Gasteiger partial charge in [0.25, 0.3) is 0 Å². The summed E-state index contributed by atoms with van der Waals surface area (Å²) >= 11 is 0. The fourth-order valence-electron chi connectivity index (χ4n) is 3.42. The Bertz CT molecular complexity index is 296. The molecule has 0 spiro atoms. The van der Waals surface area contributed by atoms with Gasteiger partial charge in [0.15, 0.2) is 0 Å². The molecule has 2 aliphatic rings. The number of rotatable bonds is 4. The van der Waals surface area contributed by atoms with Gasteiger partial charge in [-0.2, -0.15) is 0 Å². The van der Waals surface area contributed by atoms with Gasteiger partial charge < -0.3 is 15.4 Å². The number of amides is 1. The highest BCUT2D eigenvalue weighted by Gasteiger charge is 2.30. The van der Waals surface area contributed by atoms with Crippen LogP contribution in [0.2, 0.25) is 0 Å². The molecule has 5 heteroatoms. The van der Waals surface area contributed by atoms with Gasteiger partial charge >= 0.3 is 0 Å².